The molecule has 110 valence electrons. The molecule has 6 heteroatoms. The van der Waals surface area contributed by atoms with Crippen LogP contribution in [0, 0.1) is 10.1 Å². The van der Waals surface area contributed by atoms with E-state index in [1.807, 2.05) is 12.1 Å². The van der Waals surface area contributed by atoms with Gasteiger partial charge in [0.05, 0.1) is 11.0 Å². The van der Waals surface area contributed by atoms with Crippen LogP contribution in [0.25, 0.3) is 0 Å². The van der Waals surface area contributed by atoms with E-state index in [1.165, 1.54) is 6.07 Å². The lowest BCUT2D eigenvalue weighted by atomic mass is 10.1. The first-order chi connectivity index (χ1) is 10.0. The van der Waals surface area contributed by atoms with Crippen LogP contribution in [0.5, 0.6) is 5.75 Å². The average Bonchev–Trinajstić information content (AvgIpc) is 2.46. The molecule has 0 aromatic heterocycles. The molecule has 0 aliphatic rings. The van der Waals surface area contributed by atoms with Crippen LogP contribution in [0.1, 0.15) is 24.2 Å². The van der Waals surface area contributed by atoms with E-state index >= 15 is 0 Å². The quantitative estimate of drug-likeness (QED) is 0.652. The van der Waals surface area contributed by atoms with E-state index in [9.17, 15) is 15.2 Å². The zero-order valence-electron chi connectivity index (χ0n) is 11.3. The van der Waals surface area contributed by atoms with Gasteiger partial charge in [0.2, 0.25) is 0 Å². The van der Waals surface area contributed by atoms with Crippen LogP contribution in [-0.4, -0.2) is 10.0 Å². The first kappa shape index (κ1) is 15.5. The lowest BCUT2D eigenvalue weighted by Gasteiger charge is -2.13. The van der Waals surface area contributed by atoms with Crippen LogP contribution in [-0.2, 0) is 6.61 Å². The minimum Gasteiger partial charge on any atom is -0.488 e. The Balaban J connectivity index is 2.21. The smallest absolute Gasteiger partial charge is 0.283 e. The summed E-state index contributed by atoms with van der Waals surface area (Å²) in [4.78, 5) is 10.4. The van der Waals surface area contributed by atoms with Gasteiger partial charge in [0.1, 0.15) is 16.8 Å². The van der Waals surface area contributed by atoms with Crippen molar-refractivity contribution < 1.29 is 14.8 Å². The molecule has 0 fully saturated rings. The largest absolute Gasteiger partial charge is 0.488 e. The Morgan fingerprint density at radius 1 is 1.29 bits per heavy atom. The number of nitrogens with zero attached hydrogens (tertiary/aromatic N) is 1. The van der Waals surface area contributed by atoms with Crippen molar-refractivity contribution in [2.24, 2.45) is 0 Å². The number of nitro groups is 1. The van der Waals surface area contributed by atoms with Crippen molar-refractivity contribution in [2.45, 2.75) is 19.6 Å². The molecule has 0 radical (unpaired) electrons. The van der Waals surface area contributed by atoms with Gasteiger partial charge in [0, 0.05) is 17.2 Å². The average molecular weight is 352 g/mol. The van der Waals surface area contributed by atoms with Crippen molar-refractivity contribution in [1.82, 2.24) is 0 Å². The van der Waals surface area contributed by atoms with E-state index in [0.29, 0.717) is 21.3 Å². The van der Waals surface area contributed by atoms with Crippen LogP contribution in [0.4, 0.5) is 5.69 Å². The minimum absolute atomic E-state index is 0.0000820. The summed E-state index contributed by atoms with van der Waals surface area (Å²) in [5.74, 6) is 0.561. The molecule has 1 atom stereocenters. The van der Waals surface area contributed by atoms with Gasteiger partial charge in [0.25, 0.3) is 5.69 Å². The number of para-hydroxylation sites is 1. The van der Waals surface area contributed by atoms with Gasteiger partial charge >= 0.3 is 0 Å². The first-order valence-electron chi connectivity index (χ1n) is 6.32. The molecule has 2 rings (SSSR count). The van der Waals surface area contributed by atoms with E-state index in [0.717, 1.165) is 0 Å². The summed E-state index contributed by atoms with van der Waals surface area (Å²) in [6.07, 6.45) is -0.644. The summed E-state index contributed by atoms with van der Waals surface area (Å²) >= 11 is 3.23. The highest BCUT2D eigenvalue weighted by molar-refractivity contribution is 9.10. The van der Waals surface area contributed by atoms with E-state index in [2.05, 4.69) is 15.9 Å². The lowest BCUT2D eigenvalue weighted by molar-refractivity contribution is -0.385. The van der Waals surface area contributed by atoms with Gasteiger partial charge in [0.15, 0.2) is 0 Å². The number of aliphatic hydroxyl groups excluding tert-OH is 1. The molecule has 0 spiro atoms. The molecule has 0 bridgehead atoms. The summed E-state index contributed by atoms with van der Waals surface area (Å²) in [6.45, 7) is 1.83. The van der Waals surface area contributed by atoms with Crippen molar-refractivity contribution in [1.29, 1.82) is 0 Å². The number of hydrogen-bond acceptors (Lipinski definition) is 4. The van der Waals surface area contributed by atoms with Crippen molar-refractivity contribution in [3.8, 4) is 5.75 Å². The molecule has 0 amide bonds. The van der Waals surface area contributed by atoms with Gasteiger partial charge in [-0.05, 0) is 28.9 Å². The predicted molar refractivity (Wildman–Crippen MR) is 82.2 cm³/mol. The Morgan fingerprint density at radius 2 is 2.00 bits per heavy atom. The molecule has 0 saturated carbocycles. The summed E-state index contributed by atoms with van der Waals surface area (Å²) in [5, 5.41) is 20.6. The summed E-state index contributed by atoms with van der Waals surface area (Å²) in [7, 11) is 0. The molecule has 0 unspecified atom stereocenters. The molecule has 5 nitrogen and oxygen atoms in total. The summed E-state index contributed by atoms with van der Waals surface area (Å²) < 4.78 is 6.09. The third-order valence-corrected chi connectivity index (χ3v) is 3.92. The standard InChI is InChI=1S/C15H14BrNO4/c1-10(18)12-6-2-3-8-14(12)21-9-11-5-4-7-13(15(11)16)17(19)20/h2-8,10,18H,9H2,1H3/t10-/m0/s1. The maximum Gasteiger partial charge on any atom is 0.283 e. The van der Waals surface area contributed by atoms with Crippen LogP contribution in [0.15, 0.2) is 46.9 Å². The fraction of sp³-hybridized carbons (Fsp3) is 0.200. The van der Waals surface area contributed by atoms with Crippen molar-refractivity contribution in [3.63, 3.8) is 0 Å². The number of benzene rings is 2. The second kappa shape index (κ2) is 6.69. The van der Waals surface area contributed by atoms with Gasteiger partial charge in [-0.2, -0.15) is 0 Å². The van der Waals surface area contributed by atoms with Crippen molar-refractivity contribution in [3.05, 3.63) is 68.2 Å². The first-order valence-corrected chi connectivity index (χ1v) is 7.11. The van der Waals surface area contributed by atoms with Crippen LogP contribution in [0.2, 0.25) is 0 Å². The van der Waals surface area contributed by atoms with E-state index in [1.54, 1.807) is 31.2 Å². The minimum atomic E-state index is -0.644. The summed E-state index contributed by atoms with van der Waals surface area (Å²) in [6, 6.07) is 12.0. The van der Waals surface area contributed by atoms with Gasteiger partial charge in [-0.1, -0.05) is 30.3 Å². The Bertz CT molecular complexity index is 658. The van der Waals surface area contributed by atoms with E-state index in [-0.39, 0.29) is 12.3 Å². The monoisotopic (exact) mass is 351 g/mol. The molecular weight excluding hydrogens is 338 g/mol. The van der Waals surface area contributed by atoms with Gasteiger partial charge in [-0.3, -0.25) is 10.1 Å². The maximum absolute atomic E-state index is 10.9. The Hall–Kier alpha value is -1.92. The fourth-order valence-electron chi connectivity index (χ4n) is 1.93. The van der Waals surface area contributed by atoms with Gasteiger partial charge in [-0.25, -0.2) is 0 Å². The second-order valence-electron chi connectivity index (χ2n) is 4.51. The highest BCUT2D eigenvalue weighted by Gasteiger charge is 2.16. The van der Waals surface area contributed by atoms with E-state index < -0.39 is 11.0 Å². The molecule has 0 heterocycles. The molecular formula is C15H14BrNO4. The third-order valence-electron chi connectivity index (χ3n) is 3.01. The Kier molecular flexibility index (Phi) is 4.93. The third kappa shape index (κ3) is 3.59. The van der Waals surface area contributed by atoms with Crippen LogP contribution >= 0.6 is 15.9 Å². The number of hydrogen-bond donors (Lipinski definition) is 1. The molecule has 21 heavy (non-hydrogen) atoms. The number of halogens is 1. The highest BCUT2D eigenvalue weighted by atomic mass is 79.9. The Labute approximate surface area is 130 Å². The topological polar surface area (TPSA) is 72.6 Å². The number of ether oxygens (including phenoxy) is 1. The summed E-state index contributed by atoms with van der Waals surface area (Å²) in [5.41, 5.74) is 1.35. The Morgan fingerprint density at radius 3 is 2.67 bits per heavy atom. The number of aliphatic hydroxyl groups is 1. The van der Waals surface area contributed by atoms with Gasteiger partial charge < -0.3 is 9.84 Å². The predicted octanol–water partition coefficient (Wildman–Crippen LogP) is 3.99. The molecule has 2 aromatic rings. The molecule has 1 N–H and O–H groups in total. The van der Waals surface area contributed by atoms with Gasteiger partial charge in [-0.15, -0.1) is 0 Å². The SMILES string of the molecule is C[C@H](O)c1ccccc1OCc1cccc([N+](=O)[O-])c1Br. The molecule has 0 saturated heterocycles. The maximum atomic E-state index is 10.9. The van der Waals surface area contributed by atoms with Crippen molar-refractivity contribution >= 4 is 21.6 Å². The van der Waals surface area contributed by atoms with E-state index in [4.69, 9.17) is 4.74 Å². The highest BCUT2D eigenvalue weighted by Crippen LogP contribution is 2.30. The number of nitro benzene ring substituents is 1. The zero-order valence-corrected chi connectivity index (χ0v) is 12.9. The zero-order chi connectivity index (χ0) is 15.4. The van der Waals surface area contributed by atoms with Crippen LogP contribution in [0.3, 0.4) is 0 Å². The number of rotatable bonds is 5. The second-order valence-corrected chi connectivity index (χ2v) is 5.30. The molecule has 2 aromatic carbocycles. The van der Waals surface area contributed by atoms with Crippen LogP contribution < -0.4 is 4.74 Å². The lowest BCUT2D eigenvalue weighted by Crippen LogP contribution is -2.02. The molecule has 0 aliphatic carbocycles. The van der Waals surface area contributed by atoms with Crippen molar-refractivity contribution in [2.75, 3.05) is 0 Å². The molecule has 0 aliphatic heterocycles. The fourth-order valence-corrected chi connectivity index (χ4v) is 2.45. The normalized spacial score (nSPS) is 12.0.